The normalized spacial score (nSPS) is 11.8. The Morgan fingerprint density at radius 3 is 2.83 bits per heavy atom. The SMILES string of the molecule is Cc1nnc(Sc2cccs2)c(/C(N)=N/O)c1C. The first-order valence-corrected chi connectivity index (χ1v) is 6.86. The van der Waals surface area contributed by atoms with Crippen molar-refractivity contribution in [3.63, 3.8) is 0 Å². The summed E-state index contributed by atoms with van der Waals surface area (Å²) in [6, 6.07) is 3.95. The van der Waals surface area contributed by atoms with Crippen LogP contribution in [0.15, 0.2) is 31.9 Å². The highest BCUT2D eigenvalue weighted by molar-refractivity contribution is 8.01. The molecular formula is C11H12N4OS2. The molecule has 0 bridgehead atoms. The van der Waals surface area contributed by atoms with Crippen molar-refractivity contribution in [3.05, 3.63) is 34.3 Å². The number of thiophene rings is 1. The van der Waals surface area contributed by atoms with Gasteiger partial charge in [-0.3, -0.25) is 0 Å². The highest BCUT2D eigenvalue weighted by atomic mass is 32.2. The first-order valence-electron chi connectivity index (χ1n) is 5.16. The van der Waals surface area contributed by atoms with Gasteiger partial charge in [-0.15, -0.1) is 16.4 Å². The van der Waals surface area contributed by atoms with E-state index in [1.54, 1.807) is 11.3 Å². The summed E-state index contributed by atoms with van der Waals surface area (Å²) in [5.41, 5.74) is 8.00. The summed E-state index contributed by atoms with van der Waals surface area (Å²) in [6.07, 6.45) is 0. The molecule has 0 fully saturated rings. The number of oxime groups is 1. The van der Waals surface area contributed by atoms with E-state index in [2.05, 4.69) is 15.4 Å². The maximum atomic E-state index is 8.86. The molecule has 2 aromatic heterocycles. The number of rotatable bonds is 3. The van der Waals surface area contributed by atoms with Crippen LogP contribution in [0.1, 0.15) is 16.8 Å². The monoisotopic (exact) mass is 280 g/mol. The van der Waals surface area contributed by atoms with Crippen LogP contribution < -0.4 is 5.73 Å². The molecule has 0 aliphatic rings. The second kappa shape index (κ2) is 5.36. The lowest BCUT2D eigenvalue weighted by Gasteiger charge is -2.10. The number of hydrogen-bond acceptors (Lipinski definition) is 6. The van der Waals surface area contributed by atoms with Crippen LogP contribution in [0.5, 0.6) is 0 Å². The second-order valence-electron chi connectivity index (χ2n) is 3.61. The van der Waals surface area contributed by atoms with E-state index in [9.17, 15) is 0 Å². The van der Waals surface area contributed by atoms with Crippen LogP contribution in [0.4, 0.5) is 0 Å². The molecule has 2 heterocycles. The van der Waals surface area contributed by atoms with Crippen LogP contribution >= 0.6 is 23.1 Å². The van der Waals surface area contributed by atoms with E-state index in [4.69, 9.17) is 10.9 Å². The third-order valence-corrected chi connectivity index (χ3v) is 4.50. The van der Waals surface area contributed by atoms with Crippen molar-refractivity contribution >= 4 is 28.9 Å². The summed E-state index contributed by atoms with van der Waals surface area (Å²) in [6.45, 7) is 3.73. The van der Waals surface area contributed by atoms with Gasteiger partial charge in [-0.1, -0.05) is 23.0 Å². The molecule has 0 saturated carbocycles. The van der Waals surface area contributed by atoms with Gasteiger partial charge in [0.05, 0.1) is 15.5 Å². The average Bonchev–Trinajstić information content (AvgIpc) is 2.86. The predicted molar refractivity (Wildman–Crippen MR) is 72.5 cm³/mol. The van der Waals surface area contributed by atoms with Crippen LogP contribution in [0.3, 0.4) is 0 Å². The molecule has 0 radical (unpaired) electrons. The fourth-order valence-corrected chi connectivity index (χ4v) is 3.25. The zero-order valence-corrected chi connectivity index (χ0v) is 11.5. The fraction of sp³-hybridized carbons (Fsp3) is 0.182. The van der Waals surface area contributed by atoms with Gasteiger partial charge >= 0.3 is 0 Å². The van der Waals surface area contributed by atoms with Crippen molar-refractivity contribution in [2.45, 2.75) is 23.1 Å². The van der Waals surface area contributed by atoms with E-state index in [0.717, 1.165) is 15.5 Å². The molecule has 0 unspecified atom stereocenters. The number of amidine groups is 1. The van der Waals surface area contributed by atoms with Crippen LogP contribution in [0, 0.1) is 13.8 Å². The largest absolute Gasteiger partial charge is 0.409 e. The minimum absolute atomic E-state index is 0.0598. The van der Waals surface area contributed by atoms with E-state index >= 15 is 0 Å². The Hall–Kier alpha value is -1.60. The molecule has 7 heteroatoms. The molecule has 2 aromatic rings. The van der Waals surface area contributed by atoms with Crippen LogP contribution in [-0.2, 0) is 0 Å². The van der Waals surface area contributed by atoms with Gasteiger partial charge in [0.25, 0.3) is 0 Å². The minimum Gasteiger partial charge on any atom is -0.409 e. The van der Waals surface area contributed by atoms with Crippen LogP contribution in [-0.4, -0.2) is 21.2 Å². The Kier molecular flexibility index (Phi) is 3.83. The van der Waals surface area contributed by atoms with Crippen molar-refractivity contribution in [2.24, 2.45) is 10.9 Å². The molecule has 0 aliphatic carbocycles. The molecule has 0 saturated heterocycles. The Bertz CT molecular complexity index is 581. The Labute approximate surface area is 113 Å². The molecule has 0 amide bonds. The topological polar surface area (TPSA) is 84.4 Å². The van der Waals surface area contributed by atoms with Gasteiger partial charge in [-0.25, -0.2) is 0 Å². The Balaban J connectivity index is 2.50. The average molecular weight is 280 g/mol. The molecular weight excluding hydrogens is 268 g/mol. The standard InChI is InChI=1S/C11H12N4OS2/c1-6-7(2)13-14-11(9(6)10(12)15-16)18-8-4-3-5-17-8/h3-5,16H,1-2H3,(H2,12,15). The van der Waals surface area contributed by atoms with Crippen molar-refractivity contribution < 1.29 is 5.21 Å². The lowest BCUT2D eigenvalue weighted by Crippen LogP contribution is -2.18. The number of nitrogens with zero attached hydrogens (tertiary/aromatic N) is 3. The van der Waals surface area contributed by atoms with Gasteiger partial charge in [-0.05, 0) is 30.9 Å². The van der Waals surface area contributed by atoms with E-state index < -0.39 is 0 Å². The highest BCUT2D eigenvalue weighted by Gasteiger charge is 2.16. The third-order valence-electron chi connectivity index (χ3n) is 2.48. The summed E-state index contributed by atoms with van der Waals surface area (Å²) < 4.78 is 1.08. The molecule has 0 aromatic carbocycles. The van der Waals surface area contributed by atoms with Crippen LogP contribution in [0.2, 0.25) is 0 Å². The van der Waals surface area contributed by atoms with Gasteiger partial charge in [-0.2, -0.15) is 5.10 Å². The predicted octanol–water partition coefficient (Wildman–Crippen LogP) is 2.40. The van der Waals surface area contributed by atoms with Gasteiger partial charge in [0.15, 0.2) is 5.84 Å². The molecule has 3 N–H and O–H groups in total. The molecule has 2 rings (SSSR count). The van der Waals surface area contributed by atoms with E-state index in [1.165, 1.54) is 11.8 Å². The van der Waals surface area contributed by atoms with Gasteiger partial charge in [0.1, 0.15) is 5.03 Å². The summed E-state index contributed by atoms with van der Waals surface area (Å²) in [7, 11) is 0. The van der Waals surface area contributed by atoms with Crippen LogP contribution in [0.25, 0.3) is 0 Å². The van der Waals surface area contributed by atoms with Gasteiger partial charge < -0.3 is 10.9 Å². The van der Waals surface area contributed by atoms with Gasteiger partial charge in [0, 0.05) is 0 Å². The summed E-state index contributed by atoms with van der Waals surface area (Å²) in [5, 5.41) is 22.8. The number of hydrogen-bond donors (Lipinski definition) is 2. The molecule has 18 heavy (non-hydrogen) atoms. The maximum Gasteiger partial charge on any atom is 0.173 e. The quantitative estimate of drug-likeness (QED) is 0.390. The van der Waals surface area contributed by atoms with E-state index in [-0.39, 0.29) is 5.84 Å². The first-order chi connectivity index (χ1) is 8.63. The Morgan fingerprint density at radius 1 is 1.44 bits per heavy atom. The van der Waals surface area contributed by atoms with Crippen molar-refractivity contribution in [2.75, 3.05) is 0 Å². The number of nitrogens with two attached hydrogens (primary N) is 1. The lowest BCUT2D eigenvalue weighted by molar-refractivity contribution is 0.318. The maximum absolute atomic E-state index is 8.86. The summed E-state index contributed by atoms with van der Waals surface area (Å²) in [5.74, 6) is 0.0598. The van der Waals surface area contributed by atoms with E-state index in [1.807, 2.05) is 31.4 Å². The van der Waals surface area contributed by atoms with Crippen molar-refractivity contribution in [1.82, 2.24) is 10.2 Å². The minimum atomic E-state index is 0.0598. The highest BCUT2D eigenvalue weighted by Crippen LogP contribution is 2.33. The first kappa shape index (κ1) is 12.8. The van der Waals surface area contributed by atoms with Crippen molar-refractivity contribution in [1.29, 1.82) is 0 Å². The molecule has 5 nitrogen and oxygen atoms in total. The summed E-state index contributed by atoms with van der Waals surface area (Å²) in [4.78, 5) is 0. The summed E-state index contributed by atoms with van der Waals surface area (Å²) >= 11 is 3.07. The number of aromatic nitrogens is 2. The molecule has 0 atom stereocenters. The smallest absolute Gasteiger partial charge is 0.173 e. The lowest BCUT2D eigenvalue weighted by atomic mass is 10.1. The zero-order valence-electron chi connectivity index (χ0n) is 9.91. The molecule has 0 aliphatic heterocycles. The third kappa shape index (κ3) is 2.46. The fourth-order valence-electron chi connectivity index (χ4n) is 1.43. The van der Waals surface area contributed by atoms with Gasteiger partial charge in [0.2, 0.25) is 0 Å². The van der Waals surface area contributed by atoms with Crippen molar-refractivity contribution in [3.8, 4) is 0 Å². The molecule has 94 valence electrons. The second-order valence-corrected chi connectivity index (χ2v) is 5.85. The Morgan fingerprint density at radius 2 is 2.22 bits per heavy atom. The van der Waals surface area contributed by atoms with E-state index in [0.29, 0.717) is 10.6 Å². The number of aryl methyl sites for hydroxylation is 1. The molecule has 0 spiro atoms. The zero-order chi connectivity index (χ0) is 13.1.